The number of nitrogens with zero attached hydrogens (tertiary/aromatic N) is 2. The lowest BCUT2D eigenvalue weighted by molar-refractivity contribution is -0.120. The molecule has 2 aliphatic rings. The number of halogens is 1. The molecule has 0 unspecified atom stereocenters. The number of carbonyl (C=O) groups excluding carboxylic acids is 2. The van der Waals surface area contributed by atoms with Crippen molar-refractivity contribution in [2.75, 3.05) is 36.8 Å². The van der Waals surface area contributed by atoms with Crippen molar-refractivity contribution in [2.45, 2.75) is 56.9 Å². The molecular weight excluding hydrogens is 470 g/mol. The summed E-state index contributed by atoms with van der Waals surface area (Å²) < 4.78 is 26.2. The first-order valence-electron chi connectivity index (χ1n) is 10.5. The second kappa shape index (κ2) is 9.78. The Labute approximate surface area is 187 Å². The number of anilines is 1. The Morgan fingerprint density at radius 1 is 1.23 bits per heavy atom. The van der Waals surface area contributed by atoms with Crippen LogP contribution in [0.1, 0.15) is 45.1 Å². The highest BCUT2D eigenvalue weighted by molar-refractivity contribution is 9.10. The van der Waals surface area contributed by atoms with Gasteiger partial charge >= 0.3 is 0 Å². The van der Waals surface area contributed by atoms with Gasteiger partial charge in [-0.1, -0.05) is 6.42 Å². The number of benzene rings is 1. The Balaban J connectivity index is 1.57. The first-order valence-corrected chi connectivity index (χ1v) is 13.0. The number of likely N-dealkylation sites (tertiary alicyclic amines) is 1. The Morgan fingerprint density at radius 2 is 2.00 bits per heavy atom. The summed E-state index contributed by atoms with van der Waals surface area (Å²) >= 11 is 3.35. The van der Waals surface area contributed by atoms with Crippen LogP contribution in [0.5, 0.6) is 0 Å². The molecule has 166 valence electrons. The second-order valence-electron chi connectivity index (χ2n) is 8.13. The van der Waals surface area contributed by atoms with Crippen molar-refractivity contribution < 1.29 is 18.0 Å². The second-order valence-corrected chi connectivity index (χ2v) is 11.1. The Morgan fingerprint density at radius 3 is 2.70 bits per heavy atom. The lowest BCUT2D eigenvalue weighted by atomic mass is 10.0. The van der Waals surface area contributed by atoms with Crippen LogP contribution in [0, 0.1) is 0 Å². The molecule has 7 nitrogen and oxygen atoms in total. The molecule has 0 aromatic heterocycles. The number of amides is 2. The smallest absolute Gasteiger partial charge is 0.223 e. The van der Waals surface area contributed by atoms with E-state index in [1.165, 1.54) is 26.2 Å². The quantitative estimate of drug-likeness (QED) is 0.622. The third kappa shape index (κ3) is 5.42. The van der Waals surface area contributed by atoms with Gasteiger partial charge in [-0.3, -0.25) is 14.5 Å². The van der Waals surface area contributed by atoms with E-state index in [2.05, 4.69) is 33.1 Å². The van der Waals surface area contributed by atoms with Crippen LogP contribution in [-0.2, 0) is 25.8 Å². The third-order valence-corrected chi connectivity index (χ3v) is 8.67. The van der Waals surface area contributed by atoms with Gasteiger partial charge in [0.1, 0.15) is 0 Å². The van der Waals surface area contributed by atoms with Gasteiger partial charge in [0.25, 0.3) is 0 Å². The molecule has 1 N–H and O–H groups in total. The highest BCUT2D eigenvalue weighted by atomic mass is 79.9. The predicted octanol–water partition coefficient (Wildman–Crippen LogP) is 2.51. The summed E-state index contributed by atoms with van der Waals surface area (Å²) in [7, 11) is -3.67. The van der Waals surface area contributed by atoms with Crippen LogP contribution in [0.2, 0.25) is 0 Å². The minimum atomic E-state index is -3.67. The summed E-state index contributed by atoms with van der Waals surface area (Å²) in [6.07, 6.45) is 4.24. The lowest BCUT2D eigenvalue weighted by Crippen LogP contribution is -2.42. The number of sulfone groups is 1. The van der Waals surface area contributed by atoms with E-state index in [4.69, 9.17) is 0 Å². The molecule has 9 heteroatoms. The van der Waals surface area contributed by atoms with Crippen LogP contribution in [0.3, 0.4) is 0 Å². The average Bonchev–Trinajstić information content (AvgIpc) is 3.10. The normalized spacial score (nSPS) is 19.6. The zero-order chi connectivity index (χ0) is 21.9. The van der Waals surface area contributed by atoms with E-state index in [0.717, 1.165) is 18.7 Å². The molecule has 2 aliphatic heterocycles. The molecule has 1 fully saturated rings. The molecule has 1 aromatic rings. The molecule has 1 saturated heterocycles. The third-order valence-electron chi connectivity index (χ3n) is 6.00. The van der Waals surface area contributed by atoms with E-state index in [0.29, 0.717) is 35.7 Å². The molecule has 1 atom stereocenters. The Kier molecular flexibility index (Phi) is 7.57. The van der Waals surface area contributed by atoms with Crippen molar-refractivity contribution in [3.05, 3.63) is 22.2 Å². The summed E-state index contributed by atoms with van der Waals surface area (Å²) in [5.74, 6) is -0.635. The standard InChI is InChI=1S/C21H30BrN3O4S/c1-15-5-3-4-9-24(15)11-8-23-21(27)7-12-30(28,29)20-14-19-17(13-18(20)22)6-10-25(19)16(2)26/h13-15H,3-12H2,1-2H3,(H,23,27)/t15-/m0/s1. The number of rotatable bonds is 7. The van der Waals surface area contributed by atoms with Gasteiger partial charge in [0.15, 0.2) is 9.84 Å². The summed E-state index contributed by atoms with van der Waals surface area (Å²) in [6, 6.07) is 3.85. The summed E-state index contributed by atoms with van der Waals surface area (Å²) in [6.45, 7) is 6.60. The molecule has 0 bridgehead atoms. The Bertz CT molecular complexity index is 919. The molecule has 30 heavy (non-hydrogen) atoms. The van der Waals surface area contributed by atoms with Crippen molar-refractivity contribution in [3.63, 3.8) is 0 Å². The number of hydrogen-bond donors (Lipinski definition) is 1. The van der Waals surface area contributed by atoms with Crippen LogP contribution < -0.4 is 10.2 Å². The maximum atomic E-state index is 12.9. The Hall–Kier alpha value is -1.45. The zero-order valence-corrected chi connectivity index (χ0v) is 20.0. The first kappa shape index (κ1) is 23.2. The summed E-state index contributed by atoms with van der Waals surface area (Å²) in [5.41, 5.74) is 1.59. The van der Waals surface area contributed by atoms with Gasteiger partial charge in [-0.05, 0) is 66.4 Å². The highest BCUT2D eigenvalue weighted by Gasteiger charge is 2.28. The molecule has 2 heterocycles. The monoisotopic (exact) mass is 499 g/mol. The fraction of sp³-hybridized carbons (Fsp3) is 0.619. The fourth-order valence-electron chi connectivity index (χ4n) is 4.21. The fourth-order valence-corrected chi connectivity index (χ4v) is 6.66. The maximum absolute atomic E-state index is 12.9. The van der Waals surface area contributed by atoms with Crippen molar-refractivity contribution in [2.24, 2.45) is 0 Å². The first-order chi connectivity index (χ1) is 14.2. The molecule has 0 saturated carbocycles. The lowest BCUT2D eigenvalue weighted by Gasteiger charge is -2.33. The van der Waals surface area contributed by atoms with E-state index in [1.54, 1.807) is 17.0 Å². The molecule has 0 spiro atoms. The van der Waals surface area contributed by atoms with Gasteiger partial charge in [0.05, 0.1) is 10.6 Å². The van der Waals surface area contributed by atoms with Gasteiger partial charge in [-0.15, -0.1) is 0 Å². The predicted molar refractivity (Wildman–Crippen MR) is 120 cm³/mol. The molecule has 0 aliphatic carbocycles. The van der Waals surface area contributed by atoms with Gasteiger partial charge in [-0.2, -0.15) is 0 Å². The van der Waals surface area contributed by atoms with E-state index in [-0.39, 0.29) is 28.9 Å². The van der Waals surface area contributed by atoms with Gasteiger partial charge in [0, 0.05) is 49.2 Å². The minimum Gasteiger partial charge on any atom is -0.355 e. The molecule has 1 aromatic carbocycles. The van der Waals surface area contributed by atoms with E-state index in [9.17, 15) is 18.0 Å². The molecular formula is C21H30BrN3O4S. The van der Waals surface area contributed by atoms with Crippen LogP contribution in [0.15, 0.2) is 21.5 Å². The molecule has 2 amide bonds. The van der Waals surface area contributed by atoms with Crippen molar-refractivity contribution in [1.29, 1.82) is 0 Å². The van der Waals surface area contributed by atoms with Crippen LogP contribution in [0.25, 0.3) is 0 Å². The van der Waals surface area contributed by atoms with Crippen molar-refractivity contribution in [1.82, 2.24) is 10.2 Å². The van der Waals surface area contributed by atoms with E-state index in [1.807, 2.05) is 0 Å². The number of hydrogen-bond acceptors (Lipinski definition) is 5. The largest absolute Gasteiger partial charge is 0.355 e. The van der Waals surface area contributed by atoms with Gasteiger partial charge < -0.3 is 10.2 Å². The average molecular weight is 500 g/mol. The number of nitrogens with one attached hydrogen (secondary N) is 1. The number of piperidine rings is 1. The molecule has 3 rings (SSSR count). The van der Waals surface area contributed by atoms with Crippen LogP contribution in [-0.4, -0.2) is 63.1 Å². The van der Waals surface area contributed by atoms with Gasteiger partial charge in [-0.25, -0.2) is 8.42 Å². The van der Waals surface area contributed by atoms with E-state index < -0.39 is 9.84 Å². The highest BCUT2D eigenvalue weighted by Crippen LogP contribution is 2.36. The van der Waals surface area contributed by atoms with Crippen molar-refractivity contribution in [3.8, 4) is 0 Å². The van der Waals surface area contributed by atoms with Gasteiger partial charge in [0.2, 0.25) is 11.8 Å². The summed E-state index contributed by atoms with van der Waals surface area (Å²) in [4.78, 5) is 28.1. The number of carbonyl (C=O) groups is 2. The SMILES string of the molecule is CC(=O)N1CCc2cc(Br)c(S(=O)(=O)CCC(=O)NCCN3CCCC[C@@H]3C)cc21. The summed E-state index contributed by atoms with van der Waals surface area (Å²) in [5, 5.41) is 2.84. The van der Waals surface area contributed by atoms with Crippen LogP contribution >= 0.6 is 15.9 Å². The molecule has 0 radical (unpaired) electrons. The van der Waals surface area contributed by atoms with Crippen molar-refractivity contribution >= 4 is 43.3 Å². The zero-order valence-electron chi connectivity index (χ0n) is 17.6. The maximum Gasteiger partial charge on any atom is 0.223 e. The van der Waals surface area contributed by atoms with Crippen LogP contribution in [0.4, 0.5) is 5.69 Å². The topological polar surface area (TPSA) is 86.8 Å². The number of fused-ring (bicyclic) bond motifs is 1. The van der Waals surface area contributed by atoms with E-state index >= 15 is 0 Å². The minimum absolute atomic E-state index is 0.0855.